The minimum Gasteiger partial charge on any atom is -0.295 e. The second kappa shape index (κ2) is 8.20. The summed E-state index contributed by atoms with van der Waals surface area (Å²) in [6.07, 6.45) is 4.68. The molecule has 1 N–H and O–H groups in total. The first kappa shape index (κ1) is 20.2. The van der Waals surface area contributed by atoms with Gasteiger partial charge in [-0.05, 0) is 55.8 Å². The van der Waals surface area contributed by atoms with Gasteiger partial charge in [0, 0.05) is 29.3 Å². The number of Topliss-reactive ketones (excluding diaryl/α,β-unsaturated/α-hetero) is 1. The highest BCUT2D eigenvalue weighted by atomic mass is 32.2. The molecule has 2 aromatic carbocycles. The number of carbonyl (C=O) groups excluding carboxylic acids is 1. The first-order valence-electron chi connectivity index (χ1n) is 8.62. The molecular weight excluding hydrogens is 394 g/mol. The van der Waals surface area contributed by atoms with Crippen molar-refractivity contribution in [3.63, 3.8) is 0 Å². The van der Waals surface area contributed by atoms with Gasteiger partial charge in [-0.15, -0.1) is 0 Å². The number of imidazole rings is 1. The zero-order valence-electron chi connectivity index (χ0n) is 15.8. The third kappa shape index (κ3) is 5.02. The van der Waals surface area contributed by atoms with Gasteiger partial charge in [-0.2, -0.15) is 0 Å². The Labute approximate surface area is 169 Å². The summed E-state index contributed by atoms with van der Waals surface area (Å²) in [5, 5.41) is 0.390. The molecule has 0 amide bonds. The van der Waals surface area contributed by atoms with Gasteiger partial charge in [0.1, 0.15) is 0 Å². The average molecular weight is 416 g/mol. The van der Waals surface area contributed by atoms with E-state index in [1.807, 2.05) is 42.8 Å². The highest BCUT2D eigenvalue weighted by molar-refractivity contribution is 8.00. The molecule has 0 radical (unpaired) electrons. The monoisotopic (exact) mass is 415 g/mol. The summed E-state index contributed by atoms with van der Waals surface area (Å²) in [5.74, 6) is -0.0466. The van der Waals surface area contributed by atoms with Gasteiger partial charge >= 0.3 is 0 Å². The van der Waals surface area contributed by atoms with E-state index in [4.69, 9.17) is 0 Å². The van der Waals surface area contributed by atoms with E-state index in [0.29, 0.717) is 11.3 Å². The van der Waals surface area contributed by atoms with Crippen LogP contribution >= 0.6 is 11.8 Å². The third-order valence-electron chi connectivity index (χ3n) is 4.01. The topological polar surface area (TPSA) is 81.1 Å². The van der Waals surface area contributed by atoms with Crippen LogP contribution in [0.2, 0.25) is 0 Å². The number of sulfonamides is 1. The van der Waals surface area contributed by atoms with E-state index in [1.54, 1.807) is 30.5 Å². The Bertz CT molecular complexity index is 1090. The van der Waals surface area contributed by atoms with Crippen molar-refractivity contribution >= 4 is 33.3 Å². The van der Waals surface area contributed by atoms with E-state index < -0.39 is 10.0 Å². The van der Waals surface area contributed by atoms with Gasteiger partial charge < -0.3 is 0 Å². The number of nitrogens with one attached hydrogen (secondary N) is 1. The van der Waals surface area contributed by atoms with E-state index in [0.717, 1.165) is 22.7 Å². The Kier molecular flexibility index (Phi) is 5.90. The van der Waals surface area contributed by atoms with E-state index in [2.05, 4.69) is 15.8 Å². The molecule has 3 aromatic rings. The Morgan fingerprint density at radius 1 is 1.18 bits per heavy atom. The molecule has 28 heavy (non-hydrogen) atoms. The fourth-order valence-corrected chi connectivity index (χ4v) is 4.24. The number of thioether (sulfide) groups is 1. The first-order valence-corrected chi connectivity index (χ1v) is 11.4. The summed E-state index contributed by atoms with van der Waals surface area (Å²) in [5.41, 5.74) is 3.09. The summed E-state index contributed by atoms with van der Waals surface area (Å²) in [6, 6.07) is 14.5. The van der Waals surface area contributed by atoms with Crippen molar-refractivity contribution in [2.24, 2.45) is 0 Å². The summed E-state index contributed by atoms with van der Waals surface area (Å²) in [7, 11) is -3.35. The Hall–Kier alpha value is -2.58. The van der Waals surface area contributed by atoms with Crippen molar-refractivity contribution < 1.29 is 13.2 Å². The smallest absolute Gasteiger partial charge is 0.229 e. The number of rotatable bonds is 7. The van der Waals surface area contributed by atoms with Gasteiger partial charge in [0.15, 0.2) is 10.9 Å². The van der Waals surface area contributed by atoms with E-state index in [9.17, 15) is 13.2 Å². The van der Waals surface area contributed by atoms with Crippen LogP contribution in [0.5, 0.6) is 0 Å². The number of anilines is 1. The summed E-state index contributed by atoms with van der Waals surface area (Å²) < 4.78 is 26.9. The zero-order chi connectivity index (χ0) is 20.3. The number of aryl methyl sites for hydroxylation is 1. The molecular formula is C20H21N3O3S2. The fourth-order valence-electron chi connectivity index (χ4n) is 2.71. The van der Waals surface area contributed by atoms with Crippen LogP contribution in [0.1, 0.15) is 22.8 Å². The van der Waals surface area contributed by atoms with Crippen LogP contribution < -0.4 is 4.72 Å². The van der Waals surface area contributed by atoms with E-state index >= 15 is 0 Å². The van der Waals surface area contributed by atoms with Gasteiger partial charge in [-0.3, -0.25) is 14.1 Å². The molecule has 1 heterocycles. The molecule has 1 unspecified atom stereocenters. The number of hydrogen-bond donors (Lipinski definition) is 1. The SMILES string of the molecule is Cc1cccc(-n2ccnc2SC(C)C(=O)c2ccc(NS(C)(=O)=O)cc2)c1. The molecule has 1 aromatic heterocycles. The second-order valence-corrected chi connectivity index (χ2v) is 9.55. The molecule has 0 fully saturated rings. The molecule has 0 bridgehead atoms. The molecule has 6 nitrogen and oxygen atoms in total. The normalized spacial score (nSPS) is 12.5. The van der Waals surface area contributed by atoms with Gasteiger partial charge in [-0.25, -0.2) is 13.4 Å². The fraction of sp³-hybridized carbons (Fsp3) is 0.200. The summed E-state index contributed by atoms with van der Waals surface area (Å²) in [6.45, 7) is 3.87. The molecule has 146 valence electrons. The molecule has 0 aliphatic carbocycles. The van der Waals surface area contributed by atoms with Crippen molar-refractivity contribution in [1.82, 2.24) is 9.55 Å². The number of carbonyl (C=O) groups is 1. The van der Waals surface area contributed by atoms with Gasteiger partial charge in [0.05, 0.1) is 11.5 Å². The predicted molar refractivity (Wildman–Crippen MR) is 113 cm³/mol. The van der Waals surface area contributed by atoms with Gasteiger partial charge in [0.2, 0.25) is 10.0 Å². The second-order valence-electron chi connectivity index (χ2n) is 6.49. The summed E-state index contributed by atoms with van der Waals surface area (Å²) in [4.78, 5) is 17.2. The van der Waals surface area contributed by atoms with Crippen molar-refractivity contribution in [3.05, 3.63) is 72.1 Å². The lowest BCUT2D eigenvalue weighted by Crippen LogP contribution is -2.15. The number of hydrogen-bond acceptors (Lipinski definition) is 5. The minimum absolute atomic E-state index is 0.0466. The molecule has 0 spiro atoms. The van der Waals surface area contributed by atoms with Crippen LogP contribution in [0, 0.1) is 6.92 Å². The molecule has 1 atom stereocenters. The van der Waals surface area contributed by atoms with Crippen LogP contribution in [0.25, 0.3) is 5.69 Å². The molecule has 0 saturated heterocycles. The Morgan fingerprint density at radius 2 is 1.89 bits per heavy atom. The average Bonchev–Trinajstić information content (AvgIpc) is 3.08. The number of ketones is 1. The maximum Gasteiger partial charge on any atom is 0.229 e. The van der Waals surface area contributed by atoms with Crippen molar-refractivity contribution in [1.29, 1.82) is 0 Å². The highest BCUT2D eigenvalue weighted by Gasteiger charge is 2.19. The maximum atomic E-state index is 12.8. The van der Waals surface area contributed by atoms with Crippen LogP contribution in [0.3, 0.4) is 0 Å². The highest BCUT2D eigenvalue weighted by Crippen LogP contribution is 2.27. The van der Waals surface area contributed by atoms with Crippen molar-refractivity contribution in [2.75, 3.05) is 11.0 Å². The number of nitrogens with zero attached hydrogens (tertiary/aromatic N) is 2. The van der Waals surface area contributed by atoms with Crippen molar-refractivity contribution in [3.8, 4) is 5.69 Å². The zero-order valence-corrected chi connectivity index (χ0v) is 17.4. The van der Waals surface area contributed by atoms with Crippen LogP contribution in [0.15, 0.2) is 66.1 Å². The van der Waals surface area contributed by atoms with Crippen LogP contribution in [-0.2, 0) is 10.0 Å². The molecule has 8 heteroatoms. The molecule has 0 aliphatic rings. The van der Waals surface area contributed by atoms with Gasteiger partial charge in [0.25, 0.3) is 0 Å². The first-order chi connectivity index (χ1) is 13.2. The lowest BCUT2D eigenvalue weighted by molar-refractivity contribution is 0.0994. The largest absolute Gasteiger partial charge is 0.295 e. The van der Waals surface area contributed by atoms with Gasteiger partial charge in [-0.1, -0.05) is 23.9 Å². The molecule has 3 rings (SSSR count). The number of benzene rings is 2. The van der Waals surface area contributed by atoms with Crippen LogP contribution in [-0.4, -0.2) is 35.3 Å². The predicted octanol–water partition coefficient (Wildman–Crippen LogP) is 3.92. The molecule has 0 aliphatic heterocycles. The van der Waals surface area contributed by atoms with E-state index in [1.165, 1.54) is 11.8 Å². The Morgan fingerprint density at radius 3 is 2.54 bits per heavy atom. The third-order valence-corrected chi connectivity index (χ3v) is 5.70. The lowest BCUT2D eigenvalue weighted by Gasteiger charge is -2.13. The van der Waals surface area contributed by atoms with Crippen LogP contribution in [0.4, 0.5) is 5.69 Å². The maximum absolute atomic E-state index is 12.8. The standard InChI is InChI=1S/C20H21N3O3S2/c1-14-5-4-6-18(13-14)23-12-11-21-20(23)27-15(2)19(24)16-7-9-17(10-8-16)22-28(3,25)26/h4-13,15,22H,1-3H3. The van der Waals surface area contributed by atoms with Crippen molar-refractivity contribution in [2.45, 2.75) is 24.3 Å². The lowest BCUT2D eigenvalue weighted by atomic mass is 10.1. The quantitative estimate of drug-likeness (QED) is 0.467. The summed E-state index contributed by atoms with van der Waals surface area (Å²) >= 11 is 1.39. The Balaban J connectivity index is 1.74. The minimum atomic E-state index is -3.35. The number of aromatic nitrogens is 2. The molecule has 0 saturated carbocycles. The van der Waals surface area contributed by atoms with E-state index in [-0.39, 0.29) is 11.0 Å².